The molecule has 0 aromatic heterocycles. The number of nitrogens with two attached hydrogens (primary N) is 3. The van der Waals surface area contributed by atoms with Crippen molar-refractivity contribution in [1.82, 2.24) is 16.0 Å². The zero-order chi connectivity index (χ0) is 30.4. The largest absolute Gasteiger partial charge is 0.508 e. The first-order chi connectivity index (χ1) is 18.7. The molecule has 0 heterocycles. The maximum Gasteiger partial charge on any atom is 0.326 e. The van der Waals surface area contributed by atoms with Gasteiger partial charge in [-0.2, -0.15) is 0 Å². The van der Waals surface area contributed by atoms with Gasteiger partial charge in [-0.05, 0) is 42.9 Å². The van der Waals surface area contributed by atoms with Gasteiger partial charge in [0.25, 0.3) is 0 Å². The first-order valence-electron chi connectivity index (χ1n) is 12.6. The number of amides is 3. The van der Waals surface area contributed by atoms with Gasteiger partial charge in [-0.1, -0.05) is 26.0 Å². The number of phenols is 1. The molecule has 12 N–H and O–H groups in total. The van der Waals surface area contributed by atoms with Crippen LogP contribution in [-0.4, -0.2) is 81.7 Å². The second-order valence-corrected chi connectivity index (χ2v) is 9.68. The molecule has 0 aliphatic carbocycles. The fraction of sp³-hybridized carbons (Fsp3) is 0.520. The first kappa shape index (κ1) is 33.6. The predicted molar refractivity (Wildman–Crippen MR) is 145 cm³/mol. The molecule has 0 spiro atoms. The van der Waals surface area contributed by atoms with Crippen molar-refractivity contribution in [1.29, 1.82) is 0 Å². The monoisotopic (exact) mass is 565 g/mol. The molecule has 0 bridgehead atoms. The number of aromatic hydroxyl groups is 1. The number of rotatable bonds is 17. The summed E-state index contributed by atoms with van der Waals surface area (Å²) in [7, 11) is 0. The topological polar surface area (TPSA) is 273 Å². The first-order valence-corrected chi connectivity index (χ1v) is 12.6. The van der Waals surface area contributed by atoms with Crippen LogP contribution < -0.4 is 33.2 Å². The normalized spacial score (nSPS) is 13.8. The lowest BCUT2D eigenvalue weighted by Gasteiger charge is -2.26. The number of benzene rings is 1. The second kappa shape index (κ2) is 16.5. The minimum atomic E-state index is -1.43. The van der Waals surface area contributed by atoms with Crippen LogP contribution in [0.2, 0.25) is 0 Å². The molecule has 0 saturated heterocycles. The van der Waals surface area contributed by atoms with Crippen molar-refractivity contribution in [3.05, 3.63) is 29.8 Å². The lowest BCUT2D eigenvalue weighted by molar-refractivity contribution is -0.142. The summed E-state index contributed by atoms with van der Waals surface area (Å²) in [6, 6.07) is 0.696. The molecule has 4 unspecified atom stereocenters. The third-order valence-electron chi connectivity index (χ3n) is 5.64. The fourth-order valence-corrected chi connectivity index (χ4v) is 3.65. The summed E-state index contributed by atoms with van der Waals surface area (Å²) in [5.74, 6) is -5.24. The SMILES string of the molecule is CC(C)CC(NC(=O)C(Cc1ccc(O)cc1)NC(=O)C(N)CC(=O)O)C(=O)NC(CCCN=C(N)N)C(=O)O. The van der Waals surface area contributed by atoms with E-state index in [0.717, 1.165) is 0 Å². The van der Waals surface area contributed by atoms with Crippen LogP contribution in [-0.2, 0) is 30.4 Å². The highest BCUT2D eigenvalue weighted by atomic mass is 16.4. The van der Waals surface area contributed by atoms with Crippen LogP contribution in [0, 0.1) is 5.92 Å². The van der Waals surface area contributed by atoms with Crippen molar-refractivity contribution in [3.63, 3.8) is 0 Å². The van der Waals surface area contributed by atoms with E-state index in [0.29, 0.717) is 5.56 Å². The number of aliphatic imine (C=N–C) groups is 1. The Hall–Kier alpha value is -4.40. The van der Waals surface area contributed by atoms with Gasteiger partial charge < -0.3 is 48.5 Å². The van der Waals surface area contributed by atoms with Gasteiger partial charge in [-0.3, -0.25) is 24.2 Å². The summed E-state index contributed by atoms with van der Waals surface area (Å²) in [5.41, 5.74) is 16.7. The molecule has 1 aromatic carbocycles. The van der Waals surface area contributed by atoms with Gasteiger partial charge in [0.2, 0.25) is 17.7 Å². The highest BCUT2D eigenvalue weighted by molar-refractivity contribution is 5.94. The molecule has 15 heteroatoms. The molecule has 0 aliphatic rings. The molecular formula is C25H39N7O8. The number of guanidine groups is 1. The van der Waals surface area contributed by atoms with E-state index in [9.17, 15) is 34.2 Å². The van der Waals surface area contributed by atoms with Crippen molar-refractivity contribution in [2.24, 2.45) is 28.1 Å². The minimum absolute atomic E-state index is 0.0165. The zero-order valence-corrected chi connectivity index (χ0v) is 22.5. The maximum absolute atomic E-state index is 13.3. The van der Waals surface area contributed by atoms with Crippen LogP contribution in [0.25, 0.3) is 0 Å². The number of hydrogen-bond acceptors (Lipinski definition) is 8. The number of nitrogens with one attached hydrogen (secondary N) is 3. The Labute approximate surface area is 231 Å². The van der Waals surface area contributed by atoms with E-state index in [1.807, 2.05) is 0 Å². The number of carbonyl (C=O) groups is 5. The predicted octanol–water partition coefficient (Wildman–Crippen LogP) is -1.62. The van der Waals surface area contributed by atoms with Gasteiger partial charge in [0.15, 0.2) is 5.96 Å². The minimum Gasteiger partial charge on any atom is -0.508 e. The summed E-state index contributed by atoms with van der Waals surface area (Å²) >= 11 is 0. The van der Waals surface area contributed by atoms with Gasteiger partial charge >= 0.3 is 11.9 Å². The molecule has 40 heavy (non-hydrogen) atoms. The summed E-state index contributed by atoms with van der Waals surface area (Å²) in [5, 5.41) is 35.5. The Morgan fingerprint density at radius 2 is 1.43 bits per heavy atom. The molecule has 1 aromatic rings. The summed E-state index contributed by atoms with van der Waals surface area (Å²) in [6.45, 7) is 3.77. The molecule has 3 amide bonds. The highest BCUT2D eigenvalue weighted by Crippen LogP contribution is 2.13. The molecule has 4 atom stereocenters. The maximum atomic E-state index is 13.3. The number of phenolic OH excluding ortho intramolecular Hbond substituents is 1. The highest BCUT2D eigenvalue weighted by Gasteiger charge is 2.31. The van der Waals surface area contributed by atoms with E-state index in [1.165, 1.54) is 24.3 Å². The van der Waals surface area contributed by atoms with Gasteiger partial charge in [0, 0.05) is 13.0 Å². The van der Waals surface area contributed by atoms with Crippen molar-refractivity contribution in [2.75, 3.05) is 6.54 Å². The van der Waals surface area contributed by atoms with E-state index in [1.54, 1.807) is 13.8 Å². The Morgan fingerprint density at radius 1 is 0.875 bits per heavy atom. The number of carbonyl (C=O) groups excluding carboxylic acids is 3. The van der Waals surface area contributed by atoms with Crippen molar-refractivity contribution >= 4 is 35.6 Å². The van der Waals surface area contributed by atoms with Crippen LogP contribution in [0.1, 0.15) is 45.1 Å². The average Bonchev–Trinajstić information content (AvgIpc) is 2.85. The van der Waals surface area contributed by atoms with Gasteiger partial charge in [-0.15, -0.1) is 0 Å². The standard InChI is InChI=1S/C25H39N7O8/c1-13(2)10-18(22(37)30-17(24(39)40)4-3-9-29-25(27)28)32-23(38)19(11-14-5-7-15(33)8-6-14)31-21(36)16(26)12-20(34)35/h5-8,13,16-19,33H,3-4,9-12,26H2,1-2H3,(H,30,37)(H,31,36)(H,32,38)(H,34,35)(H,39,40)(H4,27,28,29). The van der Waals surface area contributed by atoms with E-state index in [4.69, 9.17) is 22.3 Å². The smallest absolute Gasteiger partial charge is 0.326 e. The van der Waals surface area contributed by atoms with E-state index in [-0.39, 0.29) is 49.9 Å². The third-order valence-corrected chi connectivity index (χ3v) is 5.64. The molecule has 0 saturated carbocycles. The lowest BCUT2D eigenvalue weighted by atomic mass is 10.00. The summed E-state index contributed by atoms with van der Waals surface area (Å²) in [4.78, 5) is 65.4. The van der Waals surface area contributed by atoms with Crippen molar-refractivity contribution < 1.29 is 39.3 Å². The number of hydrogen-bond donors (Lipinski definition) is 9. The Balaban J connectivity index is 3.10. The number of carboxylic acids is 2. The van der Waals surface area contributed by atoms with Crippen LogP contribution in [0.5, 0.6) is 5.75 Å². The summed E-state index contributed by atoms with van der Waals surface area (Å²) in [6.07, 6.45) is -0.293. The fourth-order valence-electron chi connectivity index (χ4n) is 3.65. The molecule has 222 valence electrons. The van der Waals surface area contributed by atoms with E-state index in [2.05, 4.69) is 20.9 Å². The van der Waals surface area contributed by atoms with Crippen molar-refractivity contribution in [3.8, 4) is 5.75 Å². The van der Waals surface area contributed by atoms with Crippen molar-refractivity contribution in [2.45, 2.75) is 70.1 Å². The number of carboxylic acid groups (broad SMARTS) is 2. The van der Waals surface area contributed by atoms with Crippen LogP contribution in [0.15, 0.2) is 29.3 Å². The van der Waals surface area contributed by atoms with E-state index < -0.39 is 60.2 Å². The lowest BCUT2D eigenvalue weighted by Crippen LogP contribution is -2.58. The summed E-state index contributed by atoms with van der Waals surface area (Å²) < 4.78 is 0. The zero-order valence-electron chi connectivity index (χ0n) is 22.5. The van der Waals surface area contributed by atoms with E-state index >= 15 is 0 Å². The molecule has 0 fully saturated rings. The Morgan fingerprint density at radius 3 is 1.95 bits per heavy atom. The molecular weight excluding hydrogens is 526 g/mol. The molecule has 15 nitrogen and oxygen atoms in total. The third kappa shape index (κ3) is 12.9. The van der Waals surface area contributed by atoms with Gasteiger partial charge in [0.1, 0.15) is 23.9 Å². The molecule has 0 aliphatic heterocycles. The quantitative estimate of drug-likeness (QED) is 0.0587. The molecule has 0 radical (unpaired) electrons. The number of aliphatic carboxylic acids is 2. The Bertz CT molecular complexity index is 1060. The van der Waals surface area contributed by atoms with Crippen LogP contribution in [0.4, 0.5) is 0 Å². The molecule has 1 rings (SSSR count). The second-order valence-electron chi connectivity index (χ2n) is 9.68. The van der Waals surface area contributed by atoms with Gasteiger partial charge in [-0.25, -0.2) is 4.79 Å². The Kier molecular flexibility index (Phi) is 13.9. The average molecular weight is 566 g/mol. The van der Waals surface area contributed by atoms with Crippen LogP contribution >= 0.6 is 0 Å². The number of nitrogens with zero attached hydrogens (tertiary/aromatic N) is 1. The van der Waals surface area contributed by atoms with Crippen LogP contribution in [0.3, 0.4) is 0 Å². The van der Waals surface area contributed by atoms with Gasteiger partial charge in [0.05, 0.1) is 12.5 Å².